The summed E-state index contributed by atoms with van der Waals surface area (Å²) in [4.78, 5) is 38.5. The maximum Gasteiger partial charge on any atom is 0.416 e. The number of carbonyl (C=O) groups is 1. The predicted octanol–water partition coefficient (Wildman–Crippen LogP) is 3.47. The Labute approximate surface area is 175 Å². The van der Waals surface area contributed by atoms with Gasteiger partial charge in [0, 0.05) is 13.1 Å². The zero-order chi connectivity index (χ0) is 22.8. The molecule has 9 heteroatoms. The second kappa shape index (κ2) is 8.79. The van der Waals surface area contributed by atoms with Crippen LogP contribution in [0.3, 0.4) is 0 Å². The van der Waals surface area contributed by atoms with E-state index >= 15 is 0 Å². The molecule has 0 aliphatic carbocycles. The minimum atomic E-state index is -4.48. The van der Waals surface area contributed by atoms with Gasteiger partial charge in [0.05, 0.1) is 16.5 Å². The van der Waals surface area contributed by atoms with Gasteiger partial charge in [-0.15, -0.1) is 0 Å². The summed E-state index contributed by atoms with van der Waals surface area (Å²) in [6.45, 7) is 3.40. The van der Waals surface area contributed by atoms with Crippen molar-refractivity contribution >= 4 is 16.8 Å². The van der Waals surface area contributed by atoms with Gasteiger partial charge in [-0.05, 0) is 43.2 Å². The normalized spacial score (nSPS) is 12.7. The molecule has 0 saturated carbocycles. The third kappa shape index (κ3) is 4.40. The fraction of sp³-hybridized carbons (Fsp3) is 0.318. The molecule has 0 fully saturated rings. The fourth-order valence-corrected chi connectivity index (χ4v) is 3.56. The van der Waals surface area contributed by atoms with Crippen LogP contribution in [0, 0.1) is 0 Å². The molecule has 164 valence electrons. The van der Waals surface area contributed by atoms with Crippen LogP contribution in [-0.4, -0.2) is 15.0 Å². The lowest BCUT2D eigenvalue weighted by Gasteiger charge is -2.21. The monoisotopic (exact) mass is 433 g/mol. The molecule has 31 heavy (non-hydrogen) atoms. The number of amides is 1. The number of rotatable bonds is 6. The van der Waals surface area contributed by atoms with Crippen molar-refractivity contribution in [2.75, 3.05) is 0 Å². The highest BCUT2D eigenvalue weighted by Gasteiger charge is 2.30. The van der Waals surface area contributed by atoms with E-state index in [9.17, 15) is 27.6 Å². The molecule has 3 rings (SSSR count). The third-order valence-corrected chi connectivity index (χ3v) is 5.11. The van der Waals surface area contributed by atoms with Crippen molar-refractivity contribution < 1.29 is 18.0 Å². The summed E-state index contributed by atoms with van der Waals surface area (Å²) in [5.41, 5.74) is -1.22. The summed E-state index contributed by atoms with van der Waals surface area (Å²) in [5.74, 6) is -0.520. The summed E-state index contributed by atoms with van der Waals surface area (Å²) in [6, 6.07) is 10.3. The topological polar surface area (TPSA) is 73.1 Å². The number of alkyl halides is 3. The van der Waals surface area contributed by atoms with Crippen LogP contribution < -0.4 is 16.6 Å². The summed E-state index contributed by atoms with van der Waals surface area (Å²) in [5, 5.41) is 2.93. The van der Waals surface area contributed by atoms with Gasteiger partial charge in [0.25, 0.3) is 5.56 Å². The second-order valence-electron chi connectivity index (χ2n) is 7.06. The molecule has 3 aromatic rings. The summed E-state index contributed by atoms with van der Waals surface area (Å²) in [7, 11) is 0. The molecule has 0 saturated heterocycles. The maximum absolute atomic E-state index is 13.0. The molecule has 1 N–H and O–H groups in total. The number of halogens is 3. The van der Waals surface area contributed by atoms with E-state index in [0.717, 1.165) is 16.7 Å². The van der Waals surface area contributed by atoms with E-state index in [1.54, 1.807) is 38.1 Å². The average Bonchev–Trinajstić information content (AvgIpc) is 2.75. The Hall–Kier alpha value is -3.36. The molecule has 0 spiro atoms. The smallest absolute Gasteiger partial charge is 0.350 e. The lowest BCUT2D eigenvalue weighted by atomic mass is 10.1. The van der Waals surface area contributed by atoms with Crippen LogP contribution in [-0.2, 0) is 24.1 Å². The predicted molar refractivity (Wildman–Crippen MR) is 111 cm³/mol. The van der Waals surface area contributed by atoms with E-state index in [4.69, 9.17) is 0 Å². The minimum Gasteiger partial charge on any atom is -0.350 e. The van der Waals surface area contributed by atoms with Crippen molar-refractivity contribution in [2.45, 2.75) is 45.6 Å². The Morgan fingerprint density at radius 3 is 2.42 bits per heavy atom. The molecule has 1 aromatic heterocycles. The molecule has 1 atom stereocenters. The van der Waals surface area contributed by atoms with E-state index in [2.05, 4.69) is 5.32 Å². The largest absolute Gasteiger partial charge is 0.416 e. The Morgan fingerprint density at radius 2 is 1.77 bits per heavy atom. The first-order chi connectivity index (χ1) is 14.7. The first-order valence-electron chi connectivity index (χ1n) is 9.87. The van der Waals surface area contributed by atoms with Crippen molar-refractivity contribution in [3.05, 3.63) is 80.5 Å². The standard InChI is InChI=1S/C22H22F3N3O3/c1-3-17(19(29)26-13-14-8-7-9-15(12-14)22(23,24)25)28-18-11-6-5-10-16(18)20(30)27(4-2)21(28)31/h5-12,17H,3-4,13H2,1-2H3,(H,26,29)/t17-/m1/s1. The molecule has 0 aliphatic rings. The number of nitrogens with one attached hydrogen (secondary N) is 1. The first-order valence-corrected chi connectivity index (χ1v) is 9.87. The lowest BCUT2D eigenvalue weighted by Crippen LogP contribution is -2.44. The van der Waals surface area contributed by atoms with Crippen molar-refractivity contribution in [2.24, 2.45) is 0 Å². The van der Waals surface area contributed by atoms with Gasteiger partial charge >= 0.3 is 11.9 Å². The SMILES string of the molecule is CC[C@H](C(=O)NCc1cccc(C(F)(F)F)c1)n1c(=O)n(CC)c(=O)c2ccccc21. The van der Waals surface area contributed by atoms with Crippen molar-refractivity contribution in [1.82, 2.24) is 14.5 Å². The Bertz CT molecular complexity index is 1230. The molecule has 6 nitrogen and oxygen atoms in total. The van der Waals surface area contributed by atoms with Crippen LogP contribution >= 0.6 is 0 Å². The quantitative estimate of drug-likeness (QED) is 0.647. The van der Waals surface area contributed by atoms with Crippen molar-refractivity contribution in [3.8, 4) is 0 Å². The zero-order valence-corrected chi connectivity index (χ0v) is 17.1. The van der Waals surface area contributed by atoms with E-state index in [-0.39, 0.29) is 25.1 Å². The van der Waals surface area contributed by atoms with Crippen molar-refractivity contribution in [3.63, 3.8) is 0 Å². The van der Waals surface area contributed by atoms with Crippen LogP contribution in [0.2, 0.25) is 0 Å². The second-order valence-corrected chi connectivity index (χ2v) is 7.06. The average molecular weight is 433 g/mol. The van der Waals surface area contributed by atoms with Gasteiger partial charge < -0.3 is 5.32 Å². The number of hydrogen-bond acceptors (Lipinski definition) is 3. The van der Waals surface area contributed by atoms with Gasteiger partial charge in [-0.2, -0.15) is 13.2 Å². The van der Waals surface area contributed by atoms with Gasteiger partial charge in [0.15, 0.2) is 0 Å². The van der Waals surface area contributed by atoms with E-state index in [0.29, 0.717) is 10.9 Å². The van der Waals surface area contributed by atoms with E-state index in [1.165, 1.54) is 16.7 Å². The number of benzene rings is 2. The zero-order valence-electron chi connectivity index (χ0n) is 17.1. The molecule has 2 aromatic carbocycles. The molecule has 0 radical (unpaired) electrons. The fourth-order valence-electron chi connectivity index (χ4n) is 3.56. The Morgan fingerprint density at radius 1 is 1.06 bits per heavy atom. The number of aromatic nitrogens is 2. The summed E-state index contributed by atoms with van der Waals surface area (Å²) >= 11 is 0. The summed E-state index contributed by atoms with van der Waals surface area (Å²) < 4.78 is 41.1. The first kappa shape index (κ1) is 22.3. The van der Waals surface area contributed by atoms with Gasteiger partial charge in [-0.3, -0.25) is 18.7 Å². The van der Waals surface area contributed by atoms with Crippen LogP contribution in [0.15, 0.2) is 58.1 Å². The van der Waals surface area contributed by atoms with Gasteiger partial charge in [0.2, 0.25) is 5.91 Å². The van der Waals surface area contributed by atoms with Crippen LogP contribution in [0.5, 0.6) is 0 Å². The van der Waals surface area contributed by atoms with Crippen LogP contribution in [0.1, 0.15) is 37.4 Å². The summed E-state index contributed by atoms with van der Waals surface area (Å²) in [6.07, 6.45) is -4.23. The third-order valence-electron chi connectivity index (χ3n) is 5.11. The Balaban J connectivity index is 1.96. The van der Waals surface area contributed by atoms with Crippen LogP contribution in [0.25, 0.3) is 10.9 Å². The number of para-hydroxylation sites is 1. The lowest BCUT2D eigenvalue weighted by molar-refractivity contribution is -0.137. The van der Waals surface area contributed by atoms with Crippen molar-refractivity contribution in [1.29, 1.82) is 0 Å². The molecule has 0 unspecified atom stereocenters. The molecule has 0 bridgehead atoms. The van der Waals surface area contributed by atoms with Gasteiger partial charge in [0.1, 0.15) is 6.04 Å². The number of nitrogens with zero attached hydrogens (tertiary/aromatic N) is 2. The molecular weight excluding hydrogens is 411 g/mol. The minimum absolute atomic E-state index is 0.126. The molecule has 1 amide bonds. The van der Waals surface area contributed by atoms with Gasteiger partial charge in [-0.1, -0.05) is 31.2 Å². The molecule has 0 aliphatic heterocycles. The molecular formula is C22H22F3N3O3. The maximum atomic E-state index is 13.0. The highest BCUT2D eigenvalue weighted by atomic mass is 19.4. The number of carbonyl (C=O) groups excluding carboxylic acids is 1. The van der Waals surface area contributed by atoms with Gasteiger partial charge in [-0.25, -0.2) is 4.79 Å². The van der Waals surface area contributed by atoms with E-state index < -0.39 is 34.9 Å². The van der Waals surface area contributed by atoms with Crippen LogP contribution in [0.4, 0.5) is 13.2 Å². The number of fused-ring (bicyclic) bond motifs is 1. The molecule has 1 heterocycles. The highest BCUT2D eigenvalue weighted by molar-refractivity contribution is 5.84. The Kier molecular flexibility index (Phi) is 6.33. The number of hydrogen-bond donors (Lipinski definition) is 1. The van der Waals surface area contributed by atoms with E-state index in [1.807, 2.05) is 0 Å². The highest BCUT2D eigenvalue weighted by Crippen LogP contribution is 2.29.